The molecule has 0 bridgehead atoms. The number of nitrogens with two attached hydrogens (primary N) is 1. The number of para-hydroxylation sites is 1. The van der Waals surface area contributed by atoms with E-state index in [0.717, 1.165) is 16.5 Å². The van der Waals surface area contributed by atoms with Gasteiger partial charge in [-0.15, -0.1) is 0 Å². The fourth-order valence-electron chi connectivity index (χ4n) is 2.09. The van der Waals surface area contributed by atoms with Gasteiger partial charge in [0.2, 0.25) is 0 Å². The Hall–Kier alpha value is -1.12. The first-order valence-electron chi connectivity index (χ1n) is 5.41. The van der Waals surface area contributed by atoms with Crippen molar-refractivity contribution in [1.29, 1.82) is 0 Å². The second kappa shape index (κ2) is 4.40. The number of nitrogens with zero attached hydrogens (tertiary/aromatic N) is 1. The van der Waals surface area contributed by atoms with E-state index >= 15 is 0 Å². The van der Waals surface area contributed by atoms with Gasteiger partial charge in [0.25, 0.3) is 0 Å². The van der Waals surface area contributed by atoms with Crippen molar-refractivity contribution in [1.82, 2.24) is 4.98 Å². The zero-order chi connectivity index (χ0) is 11.7. The van der Waals surface area contributed by atoms with Gasteiger partial charge in [-0.2, -0.15) is 0 Å². The van der Waals surface area contributed by atoms with Gasteiger partial charge in [0, 0.05) is 18.1 Å². The first kappa shape index (κ1) is 11.4. The van der Waals surface area contributed by atoms with E-state index in [1.54, 1.807) is 0 Å². The van der Waals surface area contributed by atoms with Crippen LogP contribution >= 0.6 is 11.6 Å². The minimum atomic E-state index is 0.419. The topological polar surface area (TPSA) is 38.9 Å². The molecule has 3 heteroatoms. The number of rotatable bonds is 2. The molecule has 0 fully saturated rings. The van der Waals surface area contributed by atoms with Crippen LogP contribution in [0.25, 0.3) is 10.9 Å². The van der Waals surface area contributed by atoms with E-state index < -0.39 is 0 Å². The van der Waals surface area contributed by atoms with Crippen molar-refractivity contribution < 1.29 is 0 Å². The van der Waals surface area contributed by atoms with Crippen LogP contribution in [-0.4, -0.2) is 4.98 Å². The highest BCUT2D eigenvalue weighted by atomic mass is 35.5. The van der Waals surface area contributed by atoms with Crippen LogP contribution in [-0.2, 0) is 6.54 Å². The van der Waals surface area contributed by atoms with Crippen LogP contribution in [0.3, 0.4) is 0 Å². The fourth-order valence-corrected chi connectivity index (χ4v) is 2.32. The number of halogens is 1. The van der Waals surface area contributed by atoms with Crippen LogP contribution in [0.15, 0.2) is 24.4 Å². The molecular weight excluding hydrogens is 220 g/mol. The van der Waals surface area contributed by atoms with Crippen molar-refractivity contribution in [3.63, 3.8) is 0 Å². The maximum absolute atomic E-state index is 6.14. The van der Waals surface area contributed by atoms with Crippen molar-refractivity contribution in [2.24, 2.45) is 5.73 Å². The molecule has 0 aliphatic rings. The summed E-state index contributed by atoms with van der Waals surface area (Å²) in [6, 6.07) is 5.88. The van der Waals surface area contributed by atoms with E-state index in [0.29, 0.717) is 17.5 Å². The van der Waals surface area contributed by atoms with Crippen molar-refractivity contribution in [2.45, 2.75) is 26.3 Å². The van der Waals surface area contributed by atoms with Crippen molar-refractivity contribution in [3.8, 4) is 0 Å². The number of fused-ring (bicyclic) bond motifs is 1. The van der Waals surface area contributed by atoms with Crippen molar-refractivity contribution in [3.05, 3.63) is 40.5 Å². The number of hydrogen-bond acceptors (Lipinski definition) is 2. The zero-order valence-electron chi connectivity index (χ0n) is 9.50. The maximum atomic E-state index is 6.14. The Kier molecular flexibility index (Phi) is 3.13. The summed E-state index contributed by atoms with van der Waals surface area (Å²) in [6.45, 7) is 4.84. The Morgan fingerprint density at radius 2 is 2.12 bits per heavy atom. The number of pyridine rings is 1. The third-order valence-corrected chi connectivity index (χ3v) is 3.07. The third kappa shape index (κ3) is 1.79. The molecule has 0 spiro atoms. The van der Waals surface area contributed by atoms with Gasteiger partial charge < -0.3 is 5.73 Å². The summed E-state index contributed by atoms with van der Waals surface area (Å²) in [5.74, 6) is 0.419. The van der Waals surface area contributed by atoms with E-state index in [-0.39, 0.29) is 0 Å². The molecule has 0 saturated heterocycles. The Labute approximate surface area is 100 Å². The molecule has 2 N–H and O–H groups in total. The van der Waals surface area contributed by atoms with E-state index in [2.05, 4.69) is 24.9 Å². The minimum absolute atomic E-state index is 0.419. The highest BCUT2D eigenvalue weighted by Gasteiger charge is 2.12. The molecule has 1 aromatic carbocycles. The fraction of sp³-hybridized carbons (Fsp3) is 0.308. The van der Waals surface area contributed by atoms with Gasteiger partial charge in [0.1, 0.15) is 0 Å². The predicted octanol–water partition coefficient (Wildman–Crippen LogP) is 3.47. The number of aromatic nitrogens is 1. The van der Waals surface area contributed by atoms with Crippen LogP contribution in [0, 0.1) is 0 Å². The standard InChI is InChI=1S/C13H15ClN2/c1-8(2)12-9(6-15)7-16-13-10(12)4-3-5-11(13)14/h3-5,7-8H,6,15H2,1-2H3. The predicted molar refractivity (Wildman–Crippen MR) is 68.7 cm³/mol. The monoisotopic (exact) mass is 234 g/mol. The lowest BCUT2D eigenvalue weighted by Crippen LogP contribution is -2.05. The molecule has 0 aliphatic heterocycles. The van der Waals surface area contributed by atoms with Gasteiger partial charge in [-0.05, 0) is 23.1 Å². The first-order chi connectivity index (χ1) is 7.65. The second-order valence-electron chi connectivity index (χ2n) is 4.19. The summed E-state index contributed by atoms with van der Waals surface area (Å²) in [5, 5.41) is 1.81. The molecular formula is C13H15ClN2. The Morgan fingerprint density at radius 3 is 2.75 bits per heavy atom. The molecule has 2 rings (SSSR count). The lowest BCUT2D eigenvalue weighted by atomic mass is 9.94. The largest absolute Gasteiger partial charge is 0.326 e. The minimum Gasteiger partial charge on any atom is -0.326 e. The molecule has 2 aromatic rings. The molecule has 1 heterocycles. The van der Waals surface area contributed by atoms with Gasteiger partial charge in [-0.1, -0.05) is 37.6 Å². The van der Waals surface area contributed by atoms with E-state index in [9.17, 15) is 0 Å². The molecule has 0 atom stereocenters. The zero-order valence-corrected chi connectivity index (χ0v) is 10.3. The molecule has 2 nitrogen and oxygen atoms in total. The molecule has 1 aromatic heterocycles. The smallest absolute Gasteiger partial charge is 0.0891 e. The van der Waals surface area contributed by atoms with Crippen molar-refractivity contribution in [2.75, 3.05) is 0 Å². The lowest BCUT2D eigenvalue weighted by molar-refractivity contribution is 0.845. The molecule has 0 unspecified atom stereocenters. The summed E-state index contributed by atoms with van der Waals surface area (Å²) in [5.41, 5.74) is 8.97. The average Bonchev–Trinajstić information content (AvgIpc) is 2.27. The van der Waals surface area contributed by atoms with Gasteiger partial charge in [0.05, 0.1) is 10.5 Å². The van der Waals surface area contributed by atoms with Crippen LogP contribution in [0.5, 0.6) is 0 Å². The maximum Gasteiger partial charge on any atom is 0.0891 e. The molecule has 0 radical (unpaired) electrons. The van der Waals surface area contributed by atoms with Crippen LogP contribution < -0.4 is 5.73 Å². The van der Waals surface area contributed by atoms with Crippen LogP contribution in [0.1, 0.15) is 30.9 Å². The molecule has 16 heavy (non-hydrogen) atoms. The SMILES string of the molecule is CC(C)c1c(CN)cnc2c(Cl)cccc12. The average molecular weight is 235 g/mol. The molecule has 0 saturated carbocycles. The normalized spacial score (nSPS) is 11.3. The van der Waals surface area contributed by atoms with Gasteiger partial charge >= 0.3 is 0 Å². The second-order valence-corrected chi connectivity index (χ2v) is 4.60. The first-order valence-corrected chi connectivity index (χ1v) is 5.79. The number of hydrogen-bond donors (Lipinski definition) is 1. The summed E-state index contributed by atoms with van der Waals surface area (Å²) < 4.78 is 0. The molecule has 0 amide bonds. The van der Waals surface area contributed by atoms with E-state index in [1.807, 2.05) is 18.3 Å². The summed E-state index contributed by atoms with van der Waals surface area (Å²) in [7, 11) is 0. The van der Waals surface area contributed by atoms with E-state index in [4.69, 9.17) is 17.3 Å². The van der Waals surface area contributed by atoms with Gasteiger partial charge in [-0.25, -0.2) is 0 Å². The molecule has 0 aliphatic carbocycles. The van der Waals surface area contributed by atoms with Crippen LogP contribution in [0.4, 0.5) is 0 Å². The summed E-state index contributed by atoms with van der Waals surface area (Å²) in [4.78, 5) is 4.38. The quantitative estimate of drug-likeness (QED) is 0.864. The third-order valence-electron chi connectivity index (χ3n) is 2.77. The van der Waals surface area contributed by atoms with Gasteiger partial charge in [-0.3, -0.25) is 4.98 Å². The number of benzene rings is 1. The molecule has 84 valence electrons. The lowest BCUT2D eigenvalue weighted by Gasteiger charge is -2.14. The van der Waals surface area contributed by atoms with Crippen molar-refractivity contribution >= 4 is 22.5 Å². The van der Waals surface area contributed by atoms with Gasteiger partial charge in [0.15, 0.2) is 0 Å². The Morgan fingerprint density at radius 1 is 1.38 bits per heavy atom. The summed E-state index contributed by atoms with van der Waals surface area (Å²) >= 11 is 6.14. The highest BCUT2D eigenvalue weighted by Crippen LogP contribution is 2.30. The van der Waals surface area contributed by atoms with Crippen LogP contribution in [0.2, 0.25) is 5.02 Å². The van der Waals surface area contributed by atoms with E-state index in [1.165, 1.54) is 5.56 Å². The highest BCUT2D eigenvalue weighted by molar-refractivity contribution is 6.35. The summed E-state index contributed by atoms with van der Waals surface area (Å²) in [6.07, 6.45) is 1.84. The Bertz CT molecular complexity index is 521. The Balaban J connectivity index is 2.84.